The van der Waals surface area contributed by atoms with Crippen molar-refractivity contribution >= 4 is 11.9 Å². The van der Waals surface area contributed by atoms with E-state index in [4.69, 9.17) is 5.11 Å². The molecule has 0 aliphatic rings. The van der Waals surface area contributed by atoms with Gasteiger partial charge >= 0.3 is 27.2 Å². The molecule has 0 fully saturated rings. The molecule has 0 aromatic heterocycles. The Hall–Kier alpha value is -1.89. The Bertz CT molecular complexity index is 504. The van der Waals surface area contributed by atoms with Crippen molar-refractivity contribution in [3.05, 3.63) is 67.8 Å². The Morgan fingerprint density at radius 3 is 1.57 bits per heavy atom. The summed E-state index contributed by atoms with van der Waals surface area (Å²) in [6, 6.07) is 21.4. The van der Waals surface area contributed by atoms with Gasteiger partial charge in [0.1, 0.15) is 0 Å². The molecule has 0 amide bonds. The van der Waals surface area contributed by atoms with Crippen LogP contribution in [0.4, 0.5) is 0 Å². The zero-order valence-electron chi connectivity index (χ0n) is 11.2. The summed E-state index contributed by atoms with van der Waals surface area (Å²) in [7, 11) is 0. The molecule has 2 rings (SSSR count). The Balaban J connectivity index is 0.000000240. The Morgan fingerprint density at radius 1 is 0.857 bits per heavy atom. The maximum atomic E-state index is 9.61. The third-order valence-electron chi connectivity index (χ3n) is 2.23. The van der Waals surface area contributed by atoms with Crippen LogP contribution in [0.5, 0.6) is 0 Å². The van der Waals surface area contributed by atoms with Gasteiger partial charge in [-0.3, -0.25) is 4.79 Å². The summed E-state index contributed by atoms with van der Waals surface area (Å²) in [6.07, 6.45) is -0.766. The lowest BCUT2D eigenvalue weighted by Crippen LogP contribution is -3.61. The molecule has 2 aromatic rings. The minimum Gasteiger partial charge on any atom is -0.550 e. The van der Waals surface area contributed by atoms with E-state index in [0.29, 0.717) is 0 Å². The lowest BCUT2D eigenvalue weighted by Gasteiger charge is -1.94. The van der Waals surface area contributed by atoms with Crippen LogP contribution < -0.4 is 26.3 Å². The fourth-order valence-electron chi connectivity index (χ4n) is 1.29. The van der Waals surface area contributed by atoms with E-state index < -0.39 is 18.4 Å². The quantitative estimate of drug-likeness (QED) is 0.617. The number of carbonyl (C=O) groups is 2. The molecule has 0 saturated heterocycles. The van der Waals surface area contributed by atoms with Crippen LogP contribution in [-0.4, -0.2) is 17.0 Å². The van der Waals surface area contributed by atoms with Gasteiger partial charge in [0.05, 0.1) is 6.42 Å². The Morgan fingerprint density at radius 2 is 1.29 bits per heavy atom. The highest BCUT2D eigenvalue weighted by atomic mass is 127. The number of halogens is 1. The summed E-state index contributed by atoms with van der Waals surface area (Å²) in [5, 5.41) is 17.4. The van der Waals surface area contributed by atoms with Crippen molar-refractivity contribution in [2.24, 2.45) is 0 Å². The summed E-state index contributed by atoms with van der Waals surface area (Å²) in [5.74, 6) is -2.44. The molecule has 0 unspecified atom stereocenters. The Kier molecular flexibility index (Phi) is 8.11. The molecule has 110 valence electrons. The van der Waals surface area contributed by atoms with E-state index in [1.807, 2.05) is 0 Å². The first-order valence-electron chi connectivity index (χ1n) is 6.24. The standard InChI is InChI=1S/C12H10I.C4H6O4/c1-3-7-11(8-4-1)13-12-9-5-2-6-10-12;5-3(6)1-2-4(7)8/h1-10H;1-2H2,(H,5,6)(H,7,8)/q+1;/p-1. The highest BCUT2D eigenvalue weighted by molar-refractivity contribution is 5.74. The number of rotatable bonds is 5. The summed E-state index contributed by atoms with van der Waals surface area (Å²) in [4.78, 5) is 19.1. The van der Waals surface area contributed by atoms with E-state index in [2.05, 4.69) is 60.7 Å². The highest BCUT2D eigenvalue weighted by Gasteiger charge is 2.12. The van der Waals surface area contributed by atoms with Crippen LogP contribution in [0, 0.1) is 7.14 Å². The number of aliphatic carboxylic acids is 2. The maximum absolute atomic E-state index is 9.61. The first-order chi connectivity index (χ1) is 10.1. The van der Waals surface area contributed by atoms with Crippen molar-refractivity contribution in [1.82, 2.24) is 0 Å². The fourth-order valence-corrected chi connectivity index (χ4v) is 3.56. The van der Waals surface area contributed by atoms with Gasteiger partial charge in [0, 0.05) is 5.97 Å². The molecule has 0 atom stereocenters. The van der Waals surface area contributed by atoms with Crippen LogP contribution in [0.15, 0.2) is 60.7 Å². The van der Waals surface area contributed by atoms with E-state index >= 15 is 0 Å². The van der Waals surface area contributed by atoms with Crippen LogP contribution in [0.3, 0.4) is 0 Å². The van der Waals surface area contributed by atoms with Crippen molar-refractivity contribution in [2.45, 2.75) is 12.8 Å². The minimum absolute atomic E-state index is 0.0287. The minimum atomic E-state index is -1.33. The van der Waals surface area contributed by atoms with Crippen molar-refractivity contribution in [1.29, 1.82) is 0 Å². The number of carboxylic acid groups (broad SMARTS) is 2. The van der Waals surface area contributed by atoms with Gasteiger partial charge < -0.3 is 15.0 Å². The average Bonchev–Trinajstić information content (AvgIpc) is 2.48. The number of hydrogen-bond acceptors (Lipinski definition) is 3. The van der Waals surface area contributed by atoms with Crippen LogP contribution in [-0.2, 0) is 9.59 Å². The third kappa shape index (κ3) is 8.80. The summed E-state index contributed by atoms with van der Waals surface area (Å²) >= 11 is 0.0287. The van der Waals surface area contributed by atoms with Crippen molar-refractivity contribution in [2.75, 3.05) is 0 Å². The molecule has 0 saturated carbocycles. The lowest BCUT2D eigenvalue weighted by molar-refractivity contribution is -0.597. The summed E-state index contributed by atoms with van der Waals surface area (Å²) in [5.41, 5.74) is 0. The molecule has 0 spiro atoms. The first-order valence-corrected chi connectivity index (χ1v) is 8.40. The second-order valence-corrected chi connectivity index (χ2v) is 6.98. The van der Waals surface area contributed by atoms with Crippen LogP contribution in [0.2, 0.25) is 0 Å². The van der Waals surface area contributed by atoms with Gasteiger partial charge in [-0.2, -0.15) is 0 Å². The van der Waals surface area contributed by atoms with Gasteiger partial charge in [0.2, 0.25) is 0 Å². The monoisotopic (exact) mass is 398 g/mol. The lowest BCUT2D eigenvalue weighted by atomic mass is 10.3. The normalized spacial score (nSPS) is 9.33. The third-order valence-corrected chi connectivity index (χ3v) is 4.91. The van der Waals surface area contributed by atoms with Gasteiger partial charge in [0.25, 0.3) is 0 Å². The van der Waals surface area contributed by atoms with Crippen LogP contribution in [0.25, 0.3) is 0 Å². The second kappa shape index (κ2) is 9.93. The molecule has 21 heavy (non-hydrogen) atoms. The Labute approximate surface area is 133 Å². The first kappa shape index (κ1) is 17.2. The van der Waals surface area contributed by atoms with Gasteiger partial charge in [-0.05, 0) is 30.7 Å². The summed E-state index contributed by atoms with van der Waals surface area (Å²) < 4.78 is 2.96. The summed E-state index contributed by atoms with van der Waals surface area (Å²) in [6.45, 7) is 0. The number of benzene rings is 2. The molecule has 0 aliphatic carbocycles. The average molecular weight is 398 g/mol. The van der Waals surface area contributed by atoms with Crippen molar-refractivity contribution in [3.8, 4) is 0 Å². The van der Waals surface area contributed by atoms with E-state index in [1.54, 1.807) is 0 Å². The molecule has 4 nitrogen and oxygen atoms in total. The maximum Gasteiger partial charge on any atom is 0.357 e. The van der Waals surface area contributed by atoms with Gasteiger partial charge in [-0.25, -0.2) is 0 Å². The fraction of sp³-hybridized carbons (Fsp3) is 0.125. The van der Waals surface area contributed by atoms with E-state index in [0.717, 1.165) is 0 Å². The molecule has 0 radical (unpaired) electrons. The van der Waals surface area contributed by atoms with Crippen molar-refractivity contribution in [3.63, 3.8) is 0 Å². The van der Waals surface area contributed by atoms with Crippen LogP contribution >= 0.6 is 0 Å². The highest BCUT2D eigenvalue weighted by Crippen LogP contribution is 1.85. The molecular weight excluding hydrogens is 383 g/mol. The van der Waals surface area contributed by atoms with Gasteiger partial charge in [-0.1, -0.05) is 36.4 Å². The van der Waals surface area contributed by atoms with E-state index in [9.17, 15) is 14.7 Å². The largest absolute Gasteiger partial charge is 0.550 e. The second-order valence-electron chi connectivity index (χ2n) is 3.95. The molecule has 2 aromatic carbocycles. The SMILES string of the molecule is O=C([O-])CCC(=O)O.c1ccc([I+]c2ccccc2)cc1. The molecule has 0 heterocycles. The van der Waals surface area contributed by atoms with Gasteiger partial charge in [0.15, 0.2) is 7.14 Å². The molecule has 1 N–H and O–H groups in total. The molecule has 0 bridgehead atoms. The molecular formula is C16H15IO4. The van der Waals surface area contributed by atoms with Crippen LogP contribution in [0.1, 0.15) is 12.8 Å². The predicted octanol–water partition coefficient (Wildman–Crippen LogP) is -1.58. The molecule has 5 heteroatoms. The predicted molar refractivity (Wildman–Crippen MR) is 72.2 cm³/mol. The number of hydrogen-bond donors (Lipinski definition) is 1. The topological polar surface area (TPSA) is 77.4 Å². The number of carboxylic acids is 2. The van der Waals surface area contributed by atoms with Gasteiger partial charge in [-0.15, -0.1) is 0 Å². The van der Waals surface area contributed by atoms with Crippen molar-refractivity contribution < 1.29 is 41.0 Å². The van der Waals surface area contributed by atoms with E-state index in [1.165, 1.54) is 7.14 Å². The molecule has 0 aliphatic heterocycles. The number of carbonyl (C=O) groups excluding carboxylic acids is 1. The van der Waals surface area contributed by atoms with E-state index in [-0.39, 0.29) is 27.6 Å². The smallest absolute Gasteiger partial charge is 0.357 e. The zero-order chi connectivity index (χ0) is 15.5. The zero-order valence-corrected chi connectivity index (χ0v) is 13.4.